The molecule has 0 unspecified atom stereocenters. The van der Waals surface area contributed by atoms with Crippen molar-refractivity contribution in [3.05, 3.63) is 41.7 Å². The number of halogens is 3. The monoisotopic (exact) mass is 251 g/mol. The normalized spacial score (nSPS) is 11.3. The van der Waals surface area contributed by atoms with E-state index in [9.17, 15) is 13.2 Å². The third-order valence-electron chi connectivity index (χ3n) is 2.47. The standard InChI is InChI=1S/C12H8F3N3/c1-18-7-9(6-17-18)10-3-2-8(5-16)4-11(10)12(13,14)15/h2-4,6-7H,1H3. The highest BCUT2D eigenvalue weighted by atomic mass is 19.4. The topological polar surface area (TPSA) is 41.6 Å². The summed E-state index contributed by atoms with van der Waals surface area (Å²) in [5.74, 6) is 0. The quantitative estimate of drug-likeness (QED) is 0.781. The lowest BCUT2D eigenvalue weighted by atomic mass is 10.00. The summed E-state index contributed by atoms with van der Waals surface area (Å²) in [6, 6.07) is 5.20. The minimum atomic E-state index is -4.50. The first kappa shape index (κ1) is 12.2. The van der Waals surface area contributed by atoms with Gasteiger partial charge < -0.3 is 0 Å². The molecule has 1 aromatic carbocycles. The number of nitriles is 1. The van der Waals surface area contributed by atoms with Gasteiger partial charge in [0.1, 0.15) is 0 Å². The zero-order valence-corrected chi connectivity index (χ0v) is 9.36. The van der Waals surface area contributed by atoms with Crippen molar-refractivity contribution in [3.63, 3.8) is 0 Å². The van der Waals surface area contributed by atoms with Gasteiger partial charge in [0.05, 0.1) is 23.4 Å². The third kappa shape index (κ3) is 2.20. The summed E-state index contributed by atoms with van der Waals surface area (Å²) in [5, 5.41) is 12.5. The molecule has 0 radical (unpaired) electrons. The van der Waals surface area contributed by atoms with Crippen molar-refractivity contribution in [1.82, 2.24) is 9.78 Å². The van der Waals surface area contributed by atoms with Crippen LogP contribution in [0.15, 0.2) is 30.6 Å². The molecule has 92 valence electrons. The molecular weight excluding hydrogens is 243 g/mol. The number of rotatable bonds is 1. The predicted octanol–water partition coefficient (Wildman–Crippen LogP) is 2.98. The average molecular weight is 251 g/mol. The zero-order chi connectivity index (χ0) is 13.3. The van der Waals surface area contributed by atoms with Crippen molar-refractivity contribution < 1.29 is 13.2 Å². The molecule has 0 saturated heterocycles. The molecule has 0 amide bonds. The molecule has 0 aliphatic carbocycles. The van der Waals surface area contributed by atoms with Crippen LogP contribution in [-0.2, 0) is 13.2 Å². The second kappa shape index (κ2) is 4.18. The Labute approximate surface area is 101 Å². The Bertz CT molecular complexity index is 620. The van der Waals surface area contributed by atoms with Crippen molar-refractivity contribution in [1.29, 1.82) is 5.26 Å². The molecule has 0 aliphatic heterocycles. The third-order valence-corrected chi connectivity index (χ3v) is 2.47. The van der Waals surface area contributed by atoms with Gasteiger partial charge in [-0.3, -0.25) is 4.68 Å². The molecule has 0 aliphatic rings. The van der Waals surface area contributed by atoms with Gasteiger partial charge in [-0.1, -0.05) is 6.07 Å². The lowest BCUT2D eigenvalue weighted by molar-refractivity contribution is -0.137. The Morgan fingerprint density at radius 2 is 2.06 bits per heavy atom. The number of aromatic nitrogens is 2. The summed E-state index contributed by atoms with van der Waals surface area (Å²) in [7, 11) is 1.63. The summed E-state index contributed by atoms with van der Waals surface area (Å²) in [6.45, 7) is 0. The molecule has 3 nitrogen and oxygen atoms in total. The molecule has 0 saturated carbocycles. The number of alkyl halides is 3. The molecule has 6 heteroatoms. The zero-order valence-electron chi connectivity index (χ0n) is 9.36. The Kier molecular flexibility index (Phi) is 2.83. The Hall–Kier alpha value is -2.29. The highest BCUT2D eigenvalue weighted by Crippen LogP contribution is 2.37. The fourth-order valence-corrected chi connectivity index (χ4v) is 1.66. The maximum Gasteiger partial charge on any atom is 0.417 e. The van der Waals surface area contributed by atoms with E-state index in [0.29, 0.717) is 5.56 Å². The number of hydrogen-bond donors (Lipinski definition) is 0. The summed E-state index contributed by atoms with van der Waals surface area (Å²) >= 11 is 0. The highest BCUT2D eigenvalue weighted by molar-refractivity contribution is 5.68. The van der Waals surface area contributed by atoms with Gasteiger partial charge in [-0.25, -0.2) is 0 Å². The Morgan fingerprint density at radius 1 is 1.33 bits per heavy atom. The lowest BCUT2D eigenvalue weighted by Crippen LogP contribution is -2.07. The van der Waals surface area contributed by atoms with Gasteiger partial charge in [0, 0.05) is 18.8 Å². The van der Waals surface area contributed by atoms with Crippen LogP contribution in [0.4, 0.5) is 13.2 Å². The van der Waals surface area contributed by atoms with Crippen molar-refractivity contribution in [2.75, 3.05) is 0 Å². The highest BCUT2D eigenvalue weighted by Gasteiger charge is 2.34. The van der Waals surface area contributed by atoms with E-state index in [-0.39, 0.29) is 11.1 Å². The van der Waals surface area contributed by atoms with Crippen LogP contribution in [0.2, 0.25) is 0 Å². The van der Waals surface area contributed by atoms with Crippen molar-refractivity contribution >= 4 is 0 Å². The number of nitrogens with zero attached hydrogens (tertiary/aromatic N) is 3. The number of benzene rings is 1. The van der Waals surface area contributed by atoms with Crippen molar-refractivity contribution in [2.45, 2.75) is 6.18 Å². The second-order valence-corrected chi connectivity index (χ2v) is 3.77. The summed E-state index contributed by atoms with van der Waals surface area (Å²) in [4.78, 5) is 0. The van der Waals surface area contributed by atoms with Gasteiger partial charge in [0.2, 0.25) is 0 Å². The van der Waals surface area contributed by atoms with E-state index in [4.69, 9.17) is 5.26 Å². The van der Waals surface area contributed by atoms with Crippen LogP contribution in [0.5, 0.6) is 0 Å². The van der Waals surface area contributed by atoms with Gasteiger partial charge in [-0.15, -0.1) is 0 Å². The molecule has 2 aromatic rings. The second-order valence-electron chi connectivity index (χ2n) is 3.77. The predicted molar refractivity (Wildman–Crippen MR) is 58.4 cm³/mol. The molecule has 0 spiro atoms. The smallest absolute Gasteiger partial charge is 0.275 e. The summed E-state index contributed by atoms with van der Waals surface area (Å²) in [5.41, 5.74) is -0.451. The van der Waals surface area contributed by atoms with Gasteiger partial charge in [0.25, 0.3) is 0 Å². The minimum Gasteiger partial charge on any atom is -0.275 e. The molecule has 0 bridgehead atoms. The maximum atomic E-state index is 12.9. The average Bonchev–Trinajstić information content (AvgIpc) is 2.74. The molecule has 0 N–H and O–H groups in total. The maximum absolute atomic E-state index is 12.9. The largest absolute Gasteiger partial charge is 0.417 e. The fraction of sp³-hybridized carbons (Fsp3) is 0.167. The van der Waals surface area contributed by atoms with E-state index in [0.717, 1.165) is 6.07 Å². The fourth-order valence-electron chi connectivity index (χ4n) is 1.66. The van der Waals surface area contributed by atoms with E-state index in [1.165, 1.54) is 29.2 Å². The lowest BCUT2D eigenvalue weighted by Gasteiger charge is -2.11. The molecule has 0 fully saturated rings. The van der Waals surface area contributed by atoms with Gasteiger partial charge in [-0.2, -0.15) is 23.5 Å². The molecule has 1 heterocycles. The van der Waals surface area contributed by atoms with E-state index in [2.05, 4.69) is 5.10 Å². The van der Waals surface area contributed by atoms with Crippen LogP contribution in [-0.4, -0.2) is 9.78 Å². The van der Waals surface area contributed by atoms with E-state index in [1.54, 1.807) is 13.1 Å². The Balaban J connectivity index is 2.64. The minimum absolute atomic E-state index is 0.0186. The molecule has 2 rings (SSSR count). The van der Waals surface area contributed by atoms with E-state index in [1.807, 2.05) is 0 Å². The van der Waals surface area contributed by atoms with Crippen LogP contribution in [0.25, 0.3) is 11.1 Å². The van der Waals surface area contributed by atoms with Gasteiger partial charge in [-0.05, 0) is 17.7 Å². The van der Waals surface area contributed by atoms with Crippen molar-refractivity contribution in [2.24, 2.45) is 7.05 Å². The SMILES string of the molecule is Cn1cc(-c2ccc(C#N)cc2C(F)(F)F)cn1. The van der Waals surface area contributed by atoms with E-state index < -0.39 is 11.7 Å². The Morgan fingerprint density at radius 3 is 2.56 bits per heavy atom. The summed E-state index contributed by atoms with van der Waals surface area (Å²) < 4.78 is 40.2. The molecule has 1 aromatic heterocycles. The number of hydrogen-bond acceptors (Lipinski definition) is 2. The van der Waals surface area contributed by atoms with Crippen molar-refractivity contribution in [3.8, 4) is 17.2 Å². The molecular formula is C12H8F3N3. The molecule has 18 heavy (non-hydrogen) atoms. The first-order chi connectivity index (χ1) is 8.41. The number of aryl methyl sites for hydroxylation is 1. The first-order valence-electron chi connectivity index (χ1n) is 5.02. The first-order valence-corrected chi connectivity index (χ1v) is 5.02. The van der Waals surface area contributed by atoms with E-state index >= 15 is 0 Å². The van der Waals surface area contributed by atoms with Crippen LogP contribution < -0.4 is 0 Å². The van der Waals surface area contributed by atoms with Gasteiger partial charge >= 0.3 is 6.18 Å². The van der Waals surface area contributed by atoms with Gasteiger partial charge in [0.15, 0.2) is 0 Å². The van der Waals surface area contributed by atoms with Crippen LogP contribution in [0.3, 0.4) is 0 Å². The molecule has 0 atom stereocenters. The van der Waals surface area contributed by atoms with Crippen LogP contribution in [0, 0.1) is 11.3 Å². The van der Waals surface area contributed by atoms with Crippen LogP contribution >= 0.6 is 0 Å². The summed E-state index contributed by atoms with van der Waals surface area (Å²) in [6.07, 6.45) is -1.65. The van der Waals surface area contributed by atoms with Crippen LogP contribution in [0.1, 0.15) is 11.1 Å².